The maximum atomic E-state index is 13.0. The average Bonchev–Trinajstić information content (AvgIpc) is 3.05. The van der Waals surface area contributed by atoms with Gasteiger partial charge in [0.25, 0.3) is 5.56 Å². The topological polar surface area (TPSA) is 52.2 Å². The number of rotatable bonds is 2. The summed E-state index contributed by atoms with van der Waals surface area (Å²) in [7, 11) is 0. The van der Waals surface area contributed by atoms with Crippen LogP contribution in [-0.4, -0.2) is 19.2 Å². The molecular formula is C22H15ClN4O. The number of nitrogens with zero attached hydrogens (tertiary/aromatic N) is 4. The van der Waals surface area contributed by atoms with E-state index in [9.17, 15) is 4.79 Å². The molecule has 136 valence electrons. The van der Waals surface area contributed by atoms with Crippen LogP contribution in [0, 0.1) is 6.92 Å². The summed E-state index contributed by atoms with van der Waals surface area (Å²) in [5.74, 6) is 0. The Hall–Kier alpha value is -3.44. The molecule has 0 aliphatic rings. The molecule has 5 rings (SSSR count). The molecule has 0 atom stereocenters. The van der Waals surface area contributed by atoms with Crippen molar-refractivity contribution in [3.63, 3.8) is 0 Å². The van der Waals surface area contributed by atoms with Gasteiger partial charge >= 0.3 is 0 Å². The van der Waals surface area contributed by atoms with Crippen molar-refractivity contribution in [1.29, 1.82) is 0 Å². The first-order valence-electron chi connectivity index (χ1n) is 8.84. The van der Waals surface area contributed by atoms with Crippen LogP contribution in [0.4, 0.5) is 0 Å². The van der Waals surface area contributed by atoms with E-state index in [1.54, 1.807) is 21.5 Å². The maximum absolute atomic E-state index is 13.0. The van der Waals surface area contributed by atoms with Crippen molar-refractivity contribution in [2.24, 2.45) is 0 Å². The molecule has 0 aliphatic heterocycles. The predicted molar refractivity (Wildman–Crippen MR) is 111 cm³/mol. The quantitative estimate of drug-likeness (QED) is 0.443. The van der Waals surface area contributed by atoms with Gasteiger partial charge in [-0.3, -0.25) is 9.36 Å². The number of halogens is 1. The second kappa shape index (κ2) is 6.32. The molecule has 0 N–H and O–H groups in total. The van der Waals surface area contributed by atoms with Crippen LogP contribution >= 0.6 is 11.6 Å². The van der Waals surface area contributed by atoms with E-state index in [4.69, 9.17) is 11.6 Å². The lowest BCUT2D eigenvalue weighted by Crippen LogP contribution is -2.18. The lowest BCUT2D eigenvalue weighted by Gasteiger charge is -2.08. The highest BCUT2D eigenvalue weighted by Gasteiger charge is 2.16. The number of pyridine rings is 1. The minimum Gasteiger partial charge on any atom is -0.284 e. The van der Waals surface area contributed by atoms with Crippen LogP contribution in [0.25, 0.3) is 33.4 Å². The molecule has 5 nitrogen and oxygen atoms in total. The zero-order valence-electron chi connectivity index (χ0n) is 15.0. The first kappa shape index (κ1) is 16.7. The van der Waals surface area contributed by atoms with Gasteiger partial charge < -0.3 is 0 Å². The Balaban J connectivity index is 1.79. The number of benzene rings is 2. The lowest BCUT2D eigenvalue weighted by molar-refractivity contribution is 0.940. The Labute approximate surface area is 165 Å². The van der Waals surface area contributed by atoms with Crippen molar-refractivity contribution in [2.75, 3.05) is 0 Å². The lowest BCUT2D eigenvalue weighted by atomic mass is 10.1. The number of aryl methyl sites for hydroxylation is 1. The standard InChI is InChI=1S/C22H15ClN4O/c1-14-20(15-6-5-7-16(23)12-15)21-24-13-18-19(27(21)25-14)10-11-26(22(18)28)17-8-3-2-4-9-17/h2-13H,1H3. The Morgan fingerprint density at radius 3 is 2.61 bits per heavy atom. The summed E-state index contributed by atoms with van der Waals surface area (Å²) < 4.78 is 3.35. The van der Waals surface area contributed by atoms with E-state index in [2.05, 4.69) is 10.1 Å². The Morgan fingerprint density at radius 2 is 1.82 bits per heavy atom. The normalized spacial score (nSPS) is 11.4. The van der Waals surface area contributed by atoms with E-state index < -0.39 is 0 Å². The van der Waals surface area contributed by atoms with E-state index in [1.807, 2.05) is 67.6 Å². The summed E-state index contributed by atoms with van der Waals surface area (Å²) in [6.45, 7) is 1.93. The van der Waals surface area contributed by atoms with Gasteiger partial charge in [0, 0.05) is 28.7 Å². The monoisotopic (exact) mass is 386 g/mol. The summed E-state index contributed by atoms with van der Waals surface area (Å²) in [6.07, 6.45) is 3.40. The molecule has 2 aromatic carbocycles. The zero-order valence-corrected chi connectivity index (χ0v) is 15.8. The largest absolute Gasteiger partial charge is 0.284 e. The van der Waals surface area contributed by atoms with Gasteiger partial charge in [-0.2, -0.15) is 5.10 Å². The molecule has 0 unspecified atom stereocenters. The highest BCUT2D eigenvalue weighted by molar-refractivity contribution is 6.30. The van der Waals surface area contributed by atoms with Gasteiger partial charge in [-0.25, -0.2) is 9.50 Å². The Morgan fingerprint density at radius 1 is 1.00 bits per heavy atom. The molecule has 0 saturated heterocycles. The fourth-order valence-electron chi connectivity index (χ4n) is 3.55. The van der Waals surface area contributed by atoms with Gasteiger partial charge in [0.1, 0.15) is 0 Å². The minimum atomic E-state index is -0.129. The summed E-state index contributed by atoms with van der Waals surface area (Å²) in [5.41, 5.74) is 4.79. The fourth-order valence-corrected chi connectivity index (χ4v) is 3.74. The third-order valence-electron chi connectivity index (χ3n) is 4.83. The highest BCUT2D eigenvalue weighted by atomic mass is 35.5. The van der Waals surface area contributed by atoms with Gasteiger partial charge in [-0.15, -0.1) is 0 Å². The van der Waals surface area contributed by atoms with E-state index in [-0.39, 0.29) is 5.56 Å². The zero-order chi connectivity index (χ0) is 19.3. The molecule has 3 heterocycles. The molecule has 0 bridgehead atoms. The van der Waals surface area contributed by atoms with Crippen molar-refractivity contribution in [3.8, 4) is 16.8 Å². The SMILES string of the molecule is Cc1nn2c(ncc3c(=O)n(-c4ccccc4)ccc32)c1-c1cccc(Cl)c1. The first-order valence-corrected chi connectivity index (χ1v) is 9.22. The van der Waals surface area contributed by atoms with Crippen LogP contribution in [0.15, 0.2) is 77.9 Å². The van der Waals surface area contributed by atoms with Crippen LogP contribution in [0.3, 0.4) is 0 Å². The molecule has 28 heavy (non-hydrogen) atoms. The third kappa shape index (κ3) is 2.52. The van der Waals surface area contributed by atoms with Crippen molar-refractivity contribution in [1.82, 2.24) is 19.2 Å². The molecule has 0 aliphatic carbocycles. The number of para-hydroxylation sites is 1. The van der Waals surface area contributed by atoms with Crippen molar-refractivity contribution in [2.45, 2.75) is 6.92 Å². The molecule has 0 radical (unpaired) electrons. The Kier molecular flexibility index (Phi) is 3.77. The highest BCUT2D eigenvalue weighted by Crippen LogP contribution is 2.30. The van der Waals surface area contributed by atoms with Crippen molar-refractivity contribution in [3.05, 3.63) is 94.1 Å². The fraction of sp³-hybridized carbons (Fsp3) is 0.0455. The molecule has 3 aromatic heterocycles. The summed E-state index contributed by atoms with van der Waals surface area (Å²) >= 11 is 6.17. The van der Waals surface area contributed by atoms with Crippen molar-refractivity contribution >= 4 is 28.2 Å². The first-order chi connectivity index (χ1) is 13.6. The molecule has 0 saturated carbocycles. The average molecular weight is 387 g/mol. The molecular weight excluding hydrogens is 372 g/mol. The van der Waals surface area contributed by atoms with Gasteiger partial charge in [-0.05, 0) is 42.8 Å². The summed E-state index contributed by atoms with van der Waals surface area (Å²) in [5, 5.41) is 5.82. The van der Waals surface area contributed by atoms with E-state index in [0.29, 0.717) is 16.1 Å². The second-order valence-electron chi connectivity index (χ2n) is 6.59. The molecule has 0 spiro atoms. The third-order valence-corrected chi connectivity index (χ3v) is 5.07. The van der Waals surface area contributed by atoms with Crippen LogP contribution in [0.5, 0.6) is 0 Å². The molecule has 0 amide bonds. The smallest absolute Gasteiger partial charge is 0.266 e. The van der Waals surface area contributed by atoms with Crippen LogP contribution in [-0.2, 0) is 0 Å². The van der Waals surface area contributed by atoms with E-state index in [1.165, 1.54) is 0 Å². The van der Waals surface area contributed by atoms with Gasteiger partial charge in [0.15, 0.2) is 5.65 Å². The maximum Gasteiger partial charge on any atom is 0.266 e. The van der Waals surface area contributed by atoms with E-state index >= 15 is 0 Å². The number of hydrogen-bond donors (Lipinski definition) is 0. The Bertz CT molecular complexity index is 1400. The second-order valence-corrected chi connectivity index (χ2v) is 7.03. The van der Waals surface area contributed by atoms with Crippen molar-refractivity contribution < 1.29 is 0 Å². The summed E-state index contributed by atoms with van der Waals surface area (Å²) in [4.78, 5) is 17.6. The number of hydrogen-bond acceptors (Lipinski definition) is 3. The van der Waals surface area contributed by atoms with Gasteiger partial charge in [0.2, 0.25) is 0 Å². The number of aromatic nitrogens is 4. The van der Waals surface area contributed by atoms with Crippen LogP contribution in [0.1, 0.15) is 5.69 Å². The minimum absolute atomic E-state index is 0.129. The predicted octanol–water partition coefficient (Wildman–Crippen LogP) is 4.66. The number of fused-ring (bicyclic) bond motifs is 3. The molecule has 5 aromatic rings. The van der Waals surface area contributed by atoms with Crippen LogP contribution < -0.4 is 5.56 Å². The van der Waals surface area contributed by atoms with Gasteiger partial charge in [0.05, 0.1) is 16.6 Å². The van der Waals surface area contributed by atoms with Gasteiger partial charge in [-0.1, -0.05) is 41.9 Å². The summed E-state index contributed by atoms with van der Waals surface area (Å²) in [6, 6.07) is 19.0. The van der Waals surface area contributed by atoms with E-state index in [0.717, 1.165) is 28.0 Å². The molecule has 0 fully saturated rings. The molecule has 6 heteroatoms. The van der Waals surface area contributed by atoms with Crippen LogP contribution in [0.2, 0.25) is 5.02 Å².